The second-order valence-electron chi connectivity index (χ2n) is 14.1. The van der Waals surface area contributed by atoms with Gasteiger partial charge < -0.3 is 19.5 Å². The Hall–Kier alpha value is -5.86. The number of H-pyrrole nitrogens is 1. The van der Waals surface area contributed by atoms with Gasteiger partial charge >= 0.3 is 6.09 Å². The maximum atomic E-state index is 14.4. The number of carbonyl (C=O) groups excluding carboxylic acids is 1. The van der Waals surface area contributed by atoms with E-state index in [0.29, 0.717) is 33.4 Å². The number of nitrogens with one attached hydrogen (secondary N) is 1. The van der Waals surface area contributed by atoms with Gasteiger partial charge in [-0.3, -0.25) is 14.8 Å². The van der Waals surface area contributed by atoms with Gasteiger partial charge in [-0.25, -0.2) is 18.2 Å². The zero-order valence-electron chi connectivity index (χ0n) is 30.4. The molecule has 0 atom stereocenters. The summed E-state index contributed by atoms with van der Waals surface area (Å²) in [7, 11) is 1.52. The van der Waals surface area contributed by atoms with E-state index in [1.165, 1.54) is 35.4 Å². The van der Waals surface area contributed by atoms with E-state index in [-0.39, 0.29) is 28.6 Å². The van der Waals surface area contributed by atoms with Crippen LogP contribution in [0.1, 0.15) is 26.3 Å². The highest BCUT2D eigenvalue weighted by Gasteiger charge is 2.29. The first kappa shape index (κ1) is 36.9. The Morgan fingerprint density at radius 3 is 2.25 bits per heavy atom. The number of nitro benzene ring substituents is 1. The number of non-ortho nitro benzene ring substituents is 1. The number of fused-ring (bicyclic) bond motifs is 1. The number of sulfone groups is 1. The van der Waals surface area contributed by atoms with E-state index >= 15 is 0 Å². The molecule has 0 aliphatic carbocycles. The Morgan fingerprint density at radius 2 is 1.62 bits per heavy atom. The topological polar surface area (TPSA) is 157 Å². The van der Waals surface area contributed by atoms with Crippen molar-refractivity contribution in [2.75, 3.05) is 27.7 Å². The number of aromatic nitrogens is 4. The lowest BCUT2D eigenvalue weighted by molar-refractivity contribution is -0.384. The number of nitro groups is 1. The summed E-state index contributed by atoms with van der Waals surface area (Å²) in [4.78, 5) is 35.4. The number of nitrogens with zero attached hydrogens (tertiary/aromatic N) is 6. The van der Waals surface area contributed by atoms with Gasteiger partial charge in [0.1, 0.15) is 16.9 Å². The Labute approximate surface area is 307 Å². The standard InChI is InChI=1S/C39H41N7O6S/c1-39(2,3)52-38(47)44(6)20-21-45-25-32(36(42-45)28-16-18-29(19-17-28)46(48)49)35-31-22-33(27-14-12-26(13-15-27)24-43(4)5)41-37(31)40-23-34(35)53(50,51)30-10-8-7-9-11-30/h7-19,22-23,25H,20-21,24H2,1-6H3,(H,40,41). The van der Waals surface area contributed by atoms with Crippen molar-refractivity contribution in [1.82, 2.24) is 29.5 Å². The molecule has 3 heterocycles. The molecule has 53 heavy (non-hydrogen) atoms. The largest absolute Gasteiger partial charge is 0.444 e. The maximum absolute atomic E-state index is 14.4. The predicted octanol–water partition coefficient (Wildman–Crippen LogP) is 7.43. The summed E-state index contributed by atoms with van der Waals surface area (Å²) < 4.78 is 36.0. The van der Waals surface area contributed by atoms with Crippen molar-refractivity contribution in [3.63, 3.8) is 0 Å². The molecule has 0 aliphatic heterocycles. The molecule has 274 valence electrons. The lowest BCUT2D eigenvalue weighted by Crippen LogP contribution is -2.36. The van der Waals surface area contributed by atoms with Gasteiger partial charge in [0.2, 0.25) is 9.84 Å². The van der Waals surface area contributed by atoms with Crippen LogP contribution in [0.3, 0.4) is 0 Å². The fraction of sp³-hybridized carbons (Fsp3) is 0.256. The molecule has 14 heteroatoms. The highest BCUT2D eigenvalue weighted by molar-refractivity contribution is 7.91. The minimum atomic E-state index is -4.12. The molecule has 0 bridgehead atoms. The Morgan fingerprint density at radius 1 is 0.962 bits per heavy atom. The second kappa shape index (κ2) is 14.6. The highest BCUT2D eigenvalue weighted by atomic mass is 32.2. The van der Waals surface area contributed by atoms with Crippen LogP contribution in [0.5, 0.6) is 0 Å². The van der Waals surface area contributed by atoms with Crippen molar-refractivity contribution >= 4 is 32.7 Å². The smallest absolute Gasteiger partial charge is 0.410 e. The summed E-state index contributed by atoms with van der Waals surface area (Å²) in [6, 6.07) is 24.1. The summed E-state index contributed by atoms with van der Waals surface area (Å²) in [5.74, 6) is 0. The van der Waals surface area contributed by atoms with Gasteiger partial charge in [-0.15, -0.1) is 0 Å². The lowest BCUT2D eigenvalue weighted by atomic mass is 9.99. The first-order chi connectivity index (χ1) is 25.1. The van der Waals surface area contributed by atoms with Crippen LogP contribution in [0.4, 0.5) is 10.5 Å². The zero-order valence-corrected chi connectivity index (χ0v) is 31.2. The van der Waals surface area contributed by atoms with Crippen molar-refractivity contribution in [3.8, 4) is 33.6 Å². The number of hydrogen-bond acceptors (Lipinski definition) is 9. The molecule has 3 aromatic carbocycles. The molecule has 0 fully saturated rings. The van der Waals surface area contributed by atoms with Gasteiger partial charge in [-0.2, -0.15) is 5.10 Å². The average molecular weight is 736 g/mol. The van der Waals surface area contributed by atoms with Crippen LogP contribution in [0.25, 0.3) is 44.7 Å². The molecule has 0 saturated heterocycles. The number of pyridine rings is 1. The summed E-state index contributed by atoms with van der Waals surface area (Å²) in [6.07, 6.45) is 2.59. The Bertz CT molecular complexity index is 2380. The molecular formula is C39H41N7O6S. The minimum absolute atomic E-state index is 0.0309. The van der Waals surface area contributed by atoms with Crippen LogP contribution in [0.15, 0.2) is 107 Å². The minimum Gasteiger partial charge on any atom is -0.444 e. The highest BCUT2D eigenvalue weighted by Crippen LogP contribution is 2.42. The van der Waals surface area contributed by atoms with Gasteiger partial charge in [0.05, 0.1) is 21.3 Å². The number of likely N-dealkylation sites (N-methyl/N-ethyl adjacent to an activating group) is 1. The third-order valence-corrected chi connectivity index (χ3v) is 10.3. The number of rotatable bonds is 11. The second-order valence-corrected chi connectivity index (χ2v) is 16.0. The average Bonchev–Trinajstić information content (AvgIpc) is 3.75. The summed E-state index contributed by atoms with van der Waals surface area (Å²) in [6.45, 7) is 6.62. The molecule has 1 amide bonds. The van der Waals surface area contributed by atoms with Gasteiger partial charge in [0.25, 0.3) is 5.69 Å². The van der Waals surface area contributed by atoms with Gasteiger partial charge in [-0.1, -0.05) is 42.5 Å². The number of aromatic amines is 1. The molecular weight excluding hydrogens is 695 g/mol. The summed E-state index contributed by atoms with van der Waals surface area (Å²) in [5.41, 5.74) is 4.22. The van der Waals surface area contributed by atoms with Crippen molar-refractivity contribution in [2.45, 2.75) is 49.3 Å². The zero-order chi connectivity index (χ0) is 38.1. The van der Waals surface area contributed by atoms with E-state index in [4.69, 9.17) is 9.84 Å². The number of benzene rings is 3. The van der Waals surface area contributed by atoms with Gasteiger partial charge in [0, 0.05) is 72.4 Å². The molecule has 6 rings (SSSR count). The molecule has 0 saturated carbocycles. The fourth-order valence-electron chi connectivity index (χ4n) is 5.93. The van der Waals surface area contributed by atoms with E-state index in [9.17, 15) is 23.3 Å². The molecule has 6 aromatic rings. The number of amides is 1. The predicted molar refractivity (Wildman–Crippen MR) is 203 cm³/mol. The Balaban J connectivity index is 1.54. The number of hydrogen-bond donors (Lipinski definition) is 1. The van der Waals surface area contributed by atoms with Crippen LogP contribution < -0.4 is 0 Å². The van der Waals surface area contributed by atoms with Crippen LogP contribution in [0.2, 0.25) is 0 Å². The fourth-order valence-corrected chi connectivity index (χ4v) is 7.38. The van der Waals surface area contributed by atoms with Crippen LogP contribution in [-0.2, 0) is 27.7 Å². The number of ether oxygens (including phenoxy) is 1. The SMILES string of the molecule is CN(C)Cc1ccc(-c2cc3c(-c4cn(CCN(C)C(=O)OC(C)(C)C)nc4-c4ccc([N+](=O)[O-])cc4)c(S(=O)(=O)c4ccccc4)cnc3[nH]2)cc1. The van der Waals surface area contributed by atoms with E-state index in [1.54, 1.807) is 69.0 Å². The van der Waals surface area contributed by atoms with E-state index in [2.05, 4.69) is 14.9 Å². The molecule has 0 aliphatic rings. The molecule has 0 radical (unpaired) electrons. The first-order valence-corrected chi connectivity index (χ1v) is 18.4. The van der Waals surface area contributed by atoms with Gasteiger partial charge in [-0.05, 0) is 76.3 Å². The third kappa shape index (κ3) is 8.13. The summed E-state index contributed by atoms with van der Waals surface area (Å²) >= 11 is 0. The third-order valence-electron chi connectivity index (χ3n) is 8.48. The van der Waals surface area contributed by atoms with Crippen molar-refractivity contribution in [1.29, 1.82) is 0 Å². The molecule has 1 N–H and O–H groups in total. The molecule has 0 spiro atoms. The van der Waals surface area contributed by atoms with Gasteiger partial charge in [0.15, 0.2) is 0 Å². The summed E-state index contributed by atoms with van der Waals surface area (Å²) in [5, 5.41) is 16.9. The van der Waals surface area contributed by atoms with E-state index in [1.807, 2.05) is 44.4 Å². The van der Waals surface area contributed by atoms with Crippen molar-refractivity contribution < 1.29 is 22.9 Å². The maximum Gasteiger partial charge on any atom is 0.410 e. The van der Waals surface area contributed by atoms with Crippen molar-refractivity contribution in [3.05, 3.63) is 113 Å². The molecule has 0 unspecified atom stereocenters. The van der Waals surface area contributed by atoms with E-state index in [0.717, 1.165) is 23.4 Å². The van der Waals surface area contributed by atoms with Crippen LogP contribution >= 0.6 is 0 Å². The first-order valence-electron chi connectivity index (χ1n) is 16.9. The normalized spacial score (nSPS) is 12.0. The quantitative estimate of drug-likeness (QED) is 0.106. The molecule has 13 nitrogen and oxygen atoms in total. The van der Waals surface area contributed by atoms with Crippen LogP contribution in [-0.4, -0.2) is 82.3 Å². The van der Waals surface area contributed by atoms with Crippen molar-refractivity contribution in [2.24, 2.45) is 0 Å². The monoisotopic (exact) mass is 735 g/mol. The van der Waals surface area contributed by atoms with E-state index < -0.39 is 26.5 Å². The molecule has 3 aromatic heterocycles. The Kier molecular flexibility index (Phi) is 10.2. The lowest BCUT2D eigenvalue weighted by Gasteiger charge is -2.24. The van der Waals surface area contributed by atoms with Crippen LogP contribution in [0, 0.1) is 10.1 Å². The number of carbonyl (C=O) groups is 1.